The van der Waals surface area contributed by atoms with Crippen molar-refractivity contribution >= 4 is 60.2 Å². The Labute approximate surface area is 213 Å². The molecule has 0 unspecified atom stereocenters. The second-order valence-electron chi connectivity index (χ2n) is 8.86. The summed E-state index contributed by atoms with van der Waals surface area (Å²) in [6, 6.07) is 45.5. The van der Waals surface area contributed by atoms with Crippen molar-refractivity contribution in [3.63, 3.8) is 0 Å². The van der Waals surface area contributed by atoms with Crippen LogP contribution in [0.1, 0.15) is 0 Å². The quantitative estimate of drug-likeness (QED) is 0.250. The van der Waals surface area contributed by atoms with E-state index in [1.54, 1.807) is 11.3 Å². The van der Waals surface area contributed by atoms with E-state index in [1.165, 1.54) is 37.4 Å². The van der Waals surface area contributed by atoms with E-state index >= 15 is 0 Å². The number of nitrogens with zero attached hydrogens (tertiary/aromatic N) is 2. The van der Waals surface area contributed by atoms with E-state index in [9.17, 15) is 0 Å². The van der Waals surface area contributed by atoms with Gasteiger partial charge in [0.25, 0.3) is 0 Å². The molecule has 0 atom stereocenters. The van der Waals surface area contributed by atoms with Crippen LogP contribution in [0, 0.1) is 0 Å². The molecule has 3 heteroatoms. The number of rotatable bonds is 4. The molecule has 0 fully saturated rings. The molecule has 1 aromatic heterocycles. The van der Waals surface area contributed by atoms with Gasteiger partial charge in [0.2, 0.25) is 0 Å². The molecule has 6 aromatic carbocycles. The van der Waals surface area contributed by atoms with Gasteiger partial charge < -0.3 is 4.90 Å². The minimum Gasteiger partial charge on any atom is -0.308 e. The summed E-state index contributed by atoms with van der Waals surface area (Å²) < 4.78 is 1.18. The van der Waals surface area contributed by atoms with E-state index in [0.717, 1.165) is 22.6 Å². The van der Waals surface area contributed by atoms with E-state index in [0.29, 0.717) is 0 Å². The fourth-order valence-electron chi connectivity index (χ4n) is 5.20. The minimum atomic E-state index is 1.02. The maximum Gasteiger partial charge on any atom is 0.0833 e. The smallest absolute Gasteiger partial charge is 0.0833 e. The molecule has 0 N–H and O–H groups in total. The summed E-state index contributed by atoms with van der Waals surface area (Å²) in [7, 11) is 0. The van der Waals surface area contributed by atoms with Gasteiger partial charge in [0.1, 0.15) is 0 Å². The van der Waals surface area contributed by atoms with Gasteiger partial charge in [-0.05, 0) is 46.2 Å². The van der Waals surface area contributed by atoms with Crippen LogP contribution in [0.2, 0.25) is 0 Å². The molecule has 0 aliphatic rings. The highest BCUT2D eigenvalue weighted by atomic mass is 32.1. The van der Waals surface area contributed by atoms with E-state index in [2.05, 4.69) is 137 Å². The summed E-state index contributed by atoms with van der Waals surface area (Å²) in [5, 5.41) is 4.90. The van der Waals surface area contributed by atoms with Gasteiger partial charge in [0.05, 0.1) is 32.8 Å². The molecule has 7 rings (SSSR count). The summed E-state index contributed by atoms with van der Waals surface area (Å²) in [6.45, 7) is 0. The fourth-order valence-corrected chi connectivity index (χ4v) is 5.99. The normalized spacial score (nSPS) is 11.3. The summed E-state index contributed by atoms with van der Waals surface area (Å²) in [4.78, 5) is 7.04. The van der Waals surface area contributed by atoms with Crippen molar-refractivity contribution in [3.05, 3.63) is 133 Å². The van der Waals surface area contributed by atoms with Crippen molar-refractivity contribution in [1.29, 1.82) is 0 Å². The predicted molar refractivity (Wildman–Crippen MR) is 155 cm³/mol. The Morgan fingerprint density at radius 2 is 1.14 bits per heavy atom. The zero-order valence-corrected chi connectivity index (χ0v) is 20.3. The van der Waals surface area contributed by atoms with Gasteiger partial charge in [-0.15, -0.1) is 11.3 Å². The van der Waals surface area contributed by atoms with E-state index in [4.69, 9.17) is 0 Å². The molecule has 170 valence electrons. The first-order valence-corrected chi connectivity index (χ1v) is 12.9. The van der Waals surface area contributed by atoms with E-state index in [1.807, 2.05) is 5.51 Å². The molecule has 2 nitrogen and oxygen atoms in total. The number of aromatic nitrogens is 1. The molecule has 0 aliphatic carbocycles. The van der Waals surface area contributed by atoms with Crippen LogP contribution >= 0.6 is 11.3 Å². The molecular weight excluding hydrogens is 456 g/mol. The van der Waals surface area contributed by atoms with Crippen LogP contribution in [0.25, 0.3) is 42.9 Å². The zero-order chi connectivity index (χ0) is 23.9. The average molecular weight is 479 g/mol. The lowest BCUT2D eigenvalue weighted by Gasteiger charge is -2.28. The van der Waals surface area contributed by atoms with Crippen molar-refractivity contribution < 1.29 is 0 Å². The zero-order valence-electron chi connectivity index (χ0n) is 19.5. The Bertz CT molecular complexity index is 1850. The van der Waals surface area contributed by atoms with Gasteiger partial charge in [0.15, 0.2) is 0 Å². The van der Waals surface area contributed by atoms with Crippen LogP contribution in [0.15, 0.2) is 133 Å². The number of hydrogen-bond donors (Lipinski definition) is 0. The Morgan fingerprint density at radius 1 is 0.500 bits per heavy atom. The minimum absolute atomic E-state index is 1.02. The number of fused-ring (bicyclic) bond motifs is 3. The lowest BCUT2D eigenvalue weighted by Crippen LogP contribution is -2.11. The molecule has 0 saturated heterocycles. The second-order valence-corrected chi connectivity index (χ2v) is 9.71. The van der Waals surface area contributed by atoms with Crippen molar-refractivity contribution in [2.24, 2.45) is 0 Å². The standard InChI is InChI=1S/C33H22N2S/c1-2-10-23(11-3-1)25-15-7-17-28-27(25)16-8-20-31(28)35(32-21-9-18-29-33(32)36-22-34-29)30-19-6-13-24-12-4-5-14-26(24)30/h1-22H. The Balaban J connectivity index is 1.57. The second kappa shape index (κ2) is 8.63. The average Bonchev–Trinajstić information content (AvgIpc) is 3.43. The highest BCUT2D eigenvalue weighted by Crippen LogP contribution is 2.46. The molecule has 0 radical (unpaired) electrons. The molecule has 0 saturated carbocycles. The Kier molecular flexibility index (Phi) is 5.00. The molecule has 0 amide bonds. The number of hydrogen-bond acceptors (Lipinski definition) is 3. The number of anilines is 3. The maximum atomic E-state index is 4.62. The SMILES string of the molecule is c1ccc(-c2cccc3c(N(c4cccc5ccccc45)c4cccc5ncsc45)cccc23)cc1. The summed E-state index contributed by atoms with van der Waals surface area (Å²) in [5.74, 6) is 0. The number of benzene rings is 6. The third-order valence-corrected chi connectivity index (χ3v) is 7.67. The van der Waals surface area contributed by atoms with Gasteiger partial charge in [0, 0.05) is 10.8 Å². The van der Waals surface area contributed by atoms with Gasteiger partial charge in [-0.2, -0.15) is 0 Å². The third-order valence-electron chi connectivity index (χ3n) is 6.81. The molecule has 0 aliphatic heterocycles. The monoisotopic (exact) mass is 478 g/mol. The van der Waals surface area contributed by atoms with Gasteiger partial charge >= 0.3 is 0 Å². The summed E-state index contributed by atoms with van der Waals surface area (Å²) in [6.07, 6.45) is 0. The first kappa shape index (κ1) is 20.9. The van der Waals surface area contributed by atoms with Crippen molar-refractivity contribution in [3.8, 4) is 11.1 Å². The molecule has 36 heavy (non-hydrogen) atoms. The van der Waals surface area contributed by atoms with Crippen molar-refractivity contribution in [1.82, 2.24) is 4.98 Å². The van der Waals surface area contributed by atoms with Crippen LogP contribution in [0.5, 0.6) is 0 Å². The van der Waals surface area contributed by atoms with Gasteiger partial charge in [-0.25, -0.2) is 4.98 Å². The third kappa shape index (κ3) is 3.36. The van der Waals surface area contributed by atoms with Gasteiger partial charge in [-0.1, -0.05) is 103 Å². The molecule has 0 spiro atoms. The molecule has 0 bridgehead atoms. The van der Waals surface area contributed by atoms with Crippen molar-refractivity contribution in [2.75, 3.05) is 4.90 Å². The predicted octanol–water partition coefficient (Wildman–Crippen LogP) is 9.74. The van der Waals surface area contributed by atoms with Crippen LogP contribution in [-0.4, -0.2) is 4.98 Å². The summed E-state index contributed by atoms with van der Waals surface area (Å²) in [5.41, 5.74) is 8.88. The summed E-state index contributed by atoms with van der Waals surface area (Å²) >= 11 is 1.69. The largest absolute Gasteiger partial charge is 0.308 e. The van der Waals surface area contributed by atoms with Crippen LogP contribution in [0.3, 0.4) is 0 Å². The Morgan fingerprint density at radius 3 is 2.06 bits per heavy atom. The van der Waals surface area contributed by atoms with Crippen LogP contribution in [0.4, 0.5) is 17.1 Å². The lowest BCUT2D eigenvalue weighted by atomic mass is 9.96. The first-order valence-electron chi connectivity index (χ1n) is 12.1. The van der Waals surface area contributed by atoms with Crippen LogP contribution < -0.4 is 4.90 Å². The van der Waals surface area contributed by atoms with E-state index < -0.39 is 0 Å². The maximum absolute atomic E-state index is 4.62. The number of thiazole rings is 1. The molecule has 7 aromatic rings. The van der Waals surface area contributed by atoms with E-state index in [-0.39, 0.29) is 0 Å². The molecule has 1 heterocycles. The lowest BCUT2D eigenvalue weighted by molar-refractivity contribution is 1.33. The highest BCUT2D eigenvalue weighted by molar-refractivity contribution is 7.17. The topological polar surface area (TPSA) is 16.1 Å². The van der Waals surface area contributed by atoms with Crippen molar-refractivity contribution in [2.45, 2.75) is 0 Å². The Hall–Kier alpha value is -4.47. The highest BCUT2D eigenvalue weighted by Gasteiger charge is 2.20. The van der Waals surface area contributed by atoms with Crippen LogP contribution in [-0.2, 0) is 0 Å². The molecular formula is C33H22N2S. The fraction of sp³-hybridized carbons (Fsp3) is 0. The van der Waals surface area contributed by atoms with Gasteiger partial charge in [-0.3, -0.25) is 0 Å². The first-order chi connectivity index (χ1) is 17.9.